The van der Waals surface area contributed by atoms with Gasteiger partial charge in [-0.1, -0.05) is 30.3 Å². The van der Waals surface area contributed by atoms with E-state index in [0.717, 1.165) is 10.5 Å². The van der Waals surface area contributed by atoms with E-state index in [1.165, 1.54) is 0 Å². The summed E-state index contributed by atoms with van der Waals surface area (Å²) >= 11 is 1.57. The van der Waals surface area contributed by atoms with E-state index in [1.807, 2.05) is 36.4 Å². The van der Waals surface area contributed by atoms with Gasteiger partial charge in [0.25, 0.3) is 0 Å². The number of benzene rings is 2. The van der Waals surface area contributed by atoms with Gasteiger partial charge in [0.15, 0.2) is 0 Å². The van der Waals surface area contributed by atoms with Crippen LogP contribution in [-0.2, 0) is 11.3 Å². The van der Waals surface area contributed by atoms with Gasteiger partial charge in [0.2, 0.25) is 0 Å². The third-order valence-corrected chi connectivity index (χ3v) is 4.53. The number of aliphatic hydroxyl groups excluding tert-OH is 1. The van der Waals surface area contributed by atoms with Gasteiger partial charge in [-0.2, -0.15) is 0 Å². The fourth-order valence-corrected chi connectivity index (χ4v) is 3.11. The largest absolute Gasteiger partial charge is 0.491 e. The summed E-state index contributed by atoms with van der Waals surface area (Å²) in [4.78, 5) is 12.8. The maximum Gasteiger partial charge on any atom is 0.411 e. The lowest BCUT2D eigenvalue weighted by atomic mass is 10.2. The molecule has 120 valence electrons. The molecule has 0 bridgehead atoms. The first-order valence-electron chi connectivity index (χ1n) is 7.26. The first-order valence-corrected chi connectivity index (χ1v) is 8.14. The van der Waals surface area contributed by atoms with Gasteiger partial charge in [0, 0.05) is 16.6 Å². The van der Waals surface area contributed by atoms with E-state index in [9.17, 15) is 4.79 Å². The van der Waals surface area contributed by atoms with Crippen LogP contribution in [0.1, 0.15) is 5.56 Å². The number of hydrogen-bond acceptors (Lipinski definition) is 5. The van der Waals surface area contributed by atoms with E-state index in [1.54, 1.807) is 23.9 Å². The Labute approximate surface area is 138 Å². The van der Waals surface area contributed by atoms with E-state index < -0.39 is 6.09 Å². The minimum Gasteiger partial charge on any atom is -0.491 e. The van der Waals surface area contributed by atoms with Crippen LogP contribution in [0.3, 0.4) is 0 Å². The summed E-state index contributed by atoms with van der Waals surface area (Å²) in [5.41, 5.74) is 1.55. The van der Waals surface area contributed by atoms with Crippen molar-refractivity contribution < 1.29 is 19.4 Å². The van der Waals surface area contributed by atoms with Crippen LogP contribution in [0.25, 0.3) is 0 Å². The number of rotatable bonds is 4. The van der Waals surface area contributed by atoms with Crippen LogP contribution in [0.15, 0.2) is 53.4 Å². The monoisotopic (exact) mass is 331 g/mol. The minimum atomic E-state index is -0.509. The fourth-order valence-electron chi connectivity index (χ4n) is 2.16. The lowest BCUT2D eigenvalue weighted by molar-refractivity contribution is 0.155. The average Bonchev–Trinajstić information content (AvgIpc) is 2.60. The number of anilines is 1. The van der Waals surface area contributed by atoms with E-state index in [4.69, 9.17) is 14.6 Å². The summed E-state index contributed by atoms with van der Waals surface area (Å²) in [5.74, 6) is 0.709. The fraction of sp³-hybridized carbons (Fsp3) is 0.235. The molecule has 0 aromatic heterocycles. The molecule has 3 rings (SSSR count). The molecule has 1 amide bonds. The van der Waals surface area contributed by atoms with Gasteiger partial charge in [-0.3, -0.25) is 5.32 Å². The molecular formula is C17H17NO4S. The molecule has 0 fully saturated rings. The van der Waals surface area contributed by atoms with Crippen LogP contribution >= 0.6 is 11.8 Å². The molecule has 1 heterocycles. The molecule has 23 heavy (non-hydrogen) atoms. The minimum absolute atomic E-state index is 0.0529. The highest BCUT2D eigenvalue weighted by atomic mass is 32.2. The number of hydrogen-bond donors (Lipinski definition) is 2. The summed E-state index contributed by atoms with van der Waals surface area (Å²) in [6.07, 6.45) is -0.509. The molecule has 5 nitrogen and oxygen atoms in total. The van der Waals surface area contributed by atoms with Crippen LogP contribution in [0.4, 0.5) is 10.5 Å². The van der Waals surface area contributed by atoms with E-state index >= 15 is 0 Å². The summed E-state index contributed by atoms with van der Waals surface area (Å²) < 4.78 is 10.8. The van der Waals surface area contributed by atoms with Crippen LogP contribution < -0.4 is 10.1 Å². The van der Waals surface area contributed by atoms with Crippen molar-refractivity contribution >= 4 is 23.5 Å². The van der Waals surface area contributed by atoms with Crippen molar-refractivity contribution in [1.82, 2.24) is 0 Å². The Hall–Kier alpha value is -2.18. The normalized spacial score (nSPS) is 16.1. The number of carbonyl (C=O) groups excluding carboxylic acids is 1. The Morgan fingerprint density at radius 3 is 2.91 bits per heavy atom. The summed E-state index contributed by atoms with van der Waals surface area (Å²) in [6.45, 7) is 0.758. The smallest absolute Gasteiger partial charge is 0.411 e. The van der Waals surface area contributed by atoms with Crippen molar-refractivity contribution in [3.8, 4) is 5.75 Å². The SMILES string of the molecule is O=C(Nc1ccc2c(c1)OCC(CO)S2)OCc1ccccc1. The second kappa shape index (κ2) is 7.39. The second-order valence-electron chi connectivity index (χ2n) is 5.08. The Morgan fingerprint density at radius 1 is 1.30 bits per heavy atom. The number of amides is 1. The maximum absolute atomic E-state index is 11.8. The van der Waals surface area contributed by atoms with E-state index in [0.29, 0.717) is 18.0 Å². The number of nitrogens with one attached hydrogen (secondary N) is 1. The van der Waals surface area contributed by atoms with E-state index in [-0.39, 0.29) is 18.5 Å². The first-order chi connectivity index (χ1) is 11.2. The number of thioether (sulfide) groups is 1. The third-order valence-electron chi connectivity index (χ3n) is 3.32. The van der Waals surface area contributed by atoms with Gasteiger partial charge in [-0.25, -0.2) is 4.79 Å². The maximum atomic E-state index is 11.8. The highest BCUT2D eigenvalue weighted by Crippen LogP contribution is 2.38. The van der Waals surface area contributed by atoms with Crippen LogP contribution in [0.2, 0.25) is 0 Å². The molecular weight excluding hydrogens is 314 g/mol. The first kappa shape index (κ1) is 15.7. The molecule has 2 aromatic rings. The molecule has 0 radical (unpaired) electrons. The number of ether oxygens (including phenoxy) is 2. The Balaban J connectivity index is 1.57. The summed E-state index contributed by atoms with van der Waals surface area (Å²) in [5, 5.41) is 11.9. The van der Waals surface area contributed by atoms with Crippen molar-refractivity contribution in [3.05, 3.63) is 54.1 Å². The number of aliphatic hydroxyl groups is 1. The molecule has 1 atom stereocenters. The van der Waals surface area contributed by atoms with Crippen molar-refractivity contribution in [2.75, 3.05) is 18.5 Å². The zero-order valence-electron chi connectivity index (χ0n) is 12.4. The third kappa shape index (κ3) is 4.18. The molecule has 1 aliphatic rings. The predicted octanol–water partition coefficient (Wildman–Crippen LogP) is 3.28. The Morgan fingerprint density at radius 2 is 2.13 bits per heavy atom. The second-order valence-corrected chi connectivity index (χ2v) is 6.42. The molecule has 0 spiro atoms. The zero-order chi connectivity index (χ0) is 16.1. The van der Waals surface area contributed by atoms with Gasteiger partial charge in [-0.15, -0.1) is 11.8 Å². The van der Waals surface area contributed by atoms with Crippen molar-refractivity contribution in [1.29, 1.82) is 0 Å². The van der Waals surface area contributed by atoms with E-state index in [2.05, 4.69) is 5.32 Å². The standard InChI is InChI=1S/C17H17NO4S/c19-9-14-11-21-15-8-13(6-7-16(15)23-14)18-17(20)22-10-12-4-2-1-3-5-12/h1-8,14,19H,9-11H2,(H,18,20). The molecule has 0 saturated heterocycles. The summed E-state index contributed by atoms with van der Waals surface area (Å²) in [7, 11) is 0. The van der Waals surface area contributed by atoms with Crippen molar-refractivity contribution in [3.63, 3.8) is 0 Å². The molecule has 2 N–H and O–H groups in total. The molecule has 1 aliphatic heterocycles. The van der Waals surface area contributed by atoms with Gasteiger partial charge in [0.05, 0.1) is 11.9 Å². The molecule has 0 aliphatic carbocycles. The van der Waals surface area contributed by atoms with Crippen LogP contribution in [-0.4, -0.2) is 29.7 Å². The lowest BCUT2D eigenvalue weighted by Crippen LogP contribution is -2.22. The summed E-state index contributed by atoms with van der Waals surface area (Å²) in [6, 6.07) is 14.9. The van der Waals surface area contributed by atoms with Crippen LogP contribution in [0, 0.1) is 0 Å². The van der Waals surface area contributed by atoms with Crippen molar-refractivity contribution in [2.24, 2.45) is 0 Å². The zero-order valence-corrected chi connectivity index (χ0v) is 13.2. The highest BCUT2D eigenvalue weighted by Gasteiger charge is 2.20. The van der Waals surface area contributed by atoms with Gasteiger partial charge >= 0.3 is 6.09 Å². The molecule has 1 unspecified atom stereocenters. The predicted molar refractivity (Wildman–Crippen MR) is 88.9 cm³/mol. The quantitative estimate of drug-likeness (QED) is 0.900. The highest BCUT2D eigenvalue weighted by molar-refractivity contribution is 8.00. The average molecular weight is 331 g/mol. The molecule has 6 heteroatoms. The number of fused-ring (bicyclic) bond motifs is 1. The number of carbonyl (C=O) groups is 1. The Kier molecular flexibility index (Phi) is 5.05. The van der Waals surface area contributed by atoms with Crippen molar-refractivity contribution in [2.45, 2.75) is 16.8 Å². The lowest BCUT2D eigenvalue weighted by Gasteiger charge is -2.23. The van der Waals surface area contributed by atoms with Gasteiger partial charge in [-0.05, 0) is 17.7 Å². The molecule has 0 saturated carbocycles. The van der Waals surface area contributed by atoms with Gasteiger partial charge < -0.3 is 14.6 Å². The topological polar surface area (TPSA) is 67.8 Å². The van der Waals surface area contributed by atoms with Crippen LogP contribution in [0.5, 0.6) is 5.75 Å². The molecule has 2 aromatic carbocycles. The van der Waals surface area contributed by atoms with Gasteiger partial charge in [0.1, 0.15) is 19.0 Å². The Bertz CT molecular complexity index is 678.